The standard InChI is InChI=1S/C14H21NO2/c1-15(2)12-9-6-10-13(14(12)16)17-11-7-4-3-5-8-11/h6,9-11,16H,3-5,7-8H2,1-2H3. The lowest BCUT2D eigenvalue weighted by atomic mass is 9.98. The van der Waals surface area contributed by atoms with Gasteiger partial charge in [0.1, 0.15) is 0 Å². The number of hydrogen-bond acceptors (Lipinski definition) is 3. The van der Waals surface area contributed by atoms with Gasteiger partial charge in [-0.15, -0.1) is 0 Å². The summed E-state index contributed by atoms with van der Waals surface area (Å²) >= 11 is 0. The van der Waals surface area contributed by atoms with Crippen molar-refractivity contribution in [2.75, 3.05) is 19.0 Å². The van der Waals surface area contributed by atoms with Gasteiger partial charge in [-0.25, -0.2) is 0 Å². The molecule has 0 unspecified atom stereocenters. The minimum Gasteiger partial charge on any atom is -0.503 e. The van der Waals surface area contributed by atoms with Gasteiger partial charge >= 0.3 is 0 Å². The molecule has 1 aromatic rings. The third-order valence-corrected chi connectivity index (χ3v) is 3.31. The number of benzene rings is 1. The van der Waals surface area contributed by atoms with E-state index in [9.17, 15) is 5.11 Å². The predicted octanol–water partition coefficient (Wildman–Crippen LogP) is 3.17. The molecule has 0 heterocycles. The van der Waals surface area contributed by atoms with Crippen molar-refractivity contribution >= 4 is 5.69 Å². The van der Waals surface area contributed by atoms with E-state index in [4.69, 9.17) is 4.74 Å². The summed E-state index contributed by atoms with van der Waals surface area (Å²) in [7, 11) is 3.83. The molecule has 0 bridgehead atoms. The van der Waals surface area contributed by atoms with Crippen LogP contribution in [0.1, 0.15) is 32.1 Å². The third-order valence-electron chi connectivity index (χ3n) is 3.31. The maximum absolute atomic E-state index is 10.1. The quantitative estimate of drug-likeness (QED) is 0.873. The molecule has 0 spiro atoms. The minimum absolute atomic E-state index is 0.253. The largest absolute Gasteiger partial charge is 0.503 e. The fourth-order valence-corrected chi connectivity index (χ4v) is 2.33. The molecular formula is C14H21NO2. The van der Waals surface area contributed by atoms with Crippen molar-refractivity contribution in [1.82, 2.24) is 0 Å². The zero-order valence-corrected chi connectivity index (χ0v) is 10.6. The Morgan fingerprint density at radius 1 is 1.18 bits per heavy atom. The molecule has 0 saturated heterocycles. The Hall–Kier alpha value is -1.38. The molecule has 3 nitrogen and oxygen atoms in total. The van der Waals surface area contributed by atoms with E-state index in [1.807, 2.05) is 37.2 Å². The molecule has 2 rings (SSSR count). The van der Waals surface area contributed by atoms with Crippen LogP contribution in [0.15, 0.2) is 18.2 Å². The van der Waals surface area contributed by atoms with Crippen molar-refractivity contribution in [1.29, 1.82) is 0 Å². The van der Waals surface area contributed by atoms with Crippen molar-refractivity contribution in [2.24, 2.45) is 0 Å². The van der Waals surface area contributed by atoms with Gasteiger partial charge in [-0.1, -0.05) is 12.5 Å². The first-order valence-corrected chi connectivity index (χ1v) is 6.34. The van der Waals surface area contributed by atoms with Gasteiger partial charge in [-0.05, 0) is 37.8 Å². The van der Waals surface area contributed by atoms with Crippen LogP contribution in [0.3, 0.4) is 0 Å². The average molecular weight is 235 g/mol. The Balaban J connectivity index is 2.12. The number of para-hydroxylation sites is 1. The summed E-state index contributed by atoms with van der Waals surface area (Å²) in [5, 5.41) is 10.1. The first-order chi connectivity index (χ1) is 8.18. The van der Waals surface area contributed by atoms with E-state index in [-0.39, 0.29) is 11.9 Å². The highest BCUT2D eigenvalue weighted by Crippen LogP contribution is 2.37. The first-order valence-electron chi connectivity index (χ1n) is 6.34. The van der Waals surface area contributed by atoms with Gasteiger partial charge in [-0.3, -0.25) is 0 Å². The van der Waals surface area contributed by atoms with Crippen LogP contribution in [-0.2, 0) is 0 Å². The smallest absolute Gasteiger partial charge is 0.181 e. The van der Waals surface area contributed by atoms with Crippen LogP contribution in [0.25, 0.3) is 0 Å². The summed E-state index contributed by atoms with van der Waals surface area (Å²) < 4.78 is 5.90. The second-order valence-corrected chi connectivity index (χ2v) is 4.90. The number of phenols is 1. The van der Waals surface area contributed by atoms with E-state index in [1.54, 1.807) is 0 Å². The molecule has 94 valence electrons. The molecule has 0 aromatic heterocycles. The molecule has 1 aliphatic rings. The number of phenolic OH excluding ortho intramolecular Hbond substituents is 1. The van der Waals surface area contributed by atoms with Gasteiger partial charge in [0.2, 0.25) is 0 Å². The molecule has 0 radical (unpaired) electrons. The van der Waals surface area contributed by atoms with Crippen LogP contribution >= 0.6 is 0 Å². The van der Waals surface area contributed by atoms with E-state index in [0.29, 0.717) is 5.75 Å². The third kappa shape index (κ3) is 2.84. The molecule has 0 atom stereocenters. The Bertz CT molecular complexity index is 370. The van der Waals surface area contributed by atoms with Gasteiger partial charge in [0.25, 0.3) is 0 Å². The lowest BCUT2D eigenvalue weighted by Crippen LogP contribution is -2.20. The number of anilines is 1. The Labute approximate surface area is 103 Å². The van der Waals surface area contributed by atoms with Crippen molar-refractivity contribution in [3.8, 4) is 11.5 Å². The van der Waals surface area contributed by atoms with Crippen molar-refractivity contribution in [3.63, 3.8) is 0 Å². The van der Waals surface area contributed by atoms with Crippen LogP contribution in [0.5, 0.6) is 11.5 Å². The molecule has 1 aromatic carbocycles. The van der Waals surface area contributed by atoms with Crippen molar-refractivity contribution in [3.05, 3.63) is 18.2 Å². The van der Waals surface area contributed by atoms with E-state index in [2.05, 4.69) is 0 Å². The average Bonchev–Trinajstić information content (AvgIpc) is 2.33. The summed E-state index contributed by atoms with van der Waals surface area (Å²) in [4.78, 5) is 1.89. The maximum atomic E-state index is 10.1. The van der Waals surface area contributed by atoms with Crippen LogP contribution < -0.4 is 9.64 Å². The second-order valence-electron chi connectivity index (χ2n) is 4.90. The number of aromatic hydroxyl groups is 1. The summed E-state index contributed by atoms with van der Waals surface area (Å²) in [6.45, 7) is 0. The summed E-state index contributed by atoms with van der Waals surface area (Å²) in [5.41, 5.74) is 0.804. The molecule has 1 saturated carbocycles. The van der Waals surface area contributed by atoms with Crippen LogP contribution in [0.2, 0.25) is 0 Å². The van der Waals surface area contributed by atoms with E-state index in [0.717, 1.165) is 18.5 Å². The molecule has 0 aliphatic heterocycles. The molecule has 1 fully saturated rings. The zero-order valence-electron chi connectivity index (χ0n) is 10.6. The van der Waals surface area contributed by atoms with Crippen molar-refractivity contribution < 1.29 is 9.84 Å². The zero-order chi connectivity index (χ0) is 12.3. The first kappa shape index (κ1) is 12.1. The van der Waals surface area contributed by atoms with E-state index in [1.165, 1.54) is 19.3 Å². The summed E-state index contributed by atoms with van der Waals surface area (Å²) in [5.74, 6) is 0.867. The fraction of sp³-hybridized carbons (Fsp3) is 0.571. The Morgan fingerprint density at radius 3 is 2.53 bits per heavy atom. The molecule has 17 heavy (non-hydrogen) atoms. The Morgan fingerprint density at radius 2 is 1.88 bits per heavy atom. The van der Waals surface area contributed by atoms with E-state index < -0.39 is 0 Å². The van der Waals surface area contributed by atoms with Gasteiger partial charge in [-0.2, -0.15) is 0 Å². The number of ether oxygens (including phenoxy) is 1. The van der Waals surface area contributed by atoms with Crippen LogP contribution in [0, 0.1) is 0 Å². The molecule has 0 amide bonds. The number of rotatable bonds is 3. The minimum atomic E-state index is 0.253. The van der Waals surface area contributed by atoms with Gasteiger partial charge in [0, 0.05) is 14.1 Å². The monoisotopic (exact) mass is 235 g/mol. The number of nitrogens with zero attached hydrogens (tertiary/aromatic N) is 1. The lowest BCUT2D eigenvalue weighted by Gasteiger charge is -2.24. The van der Waals surface area contributed by atoms with Crippen molar-refractivity contribution in [2.45, 2.75) is 38.2 Å². The van der Waals surface area contributed by atoms with Crippen LogP contribution in [-0.4, -0.2) is 25.3 Å². The maximum Gasteiger partial charge on any atom is 0.181 e. The highest BCUT2D eigenvalue weighted by atomic mass is 16.5. The van der Waals surface area contributed by atoms with E-state index >= 15 is 0 Å². The second kappa shape index (κ2) is 5.30. The topological polar surface area (TPSA) is 32.7 Å². The van der Waals surface area contributed by atoms with Gasteiger partial charge < -0.3 is 14.7 Å². The highest BCUT2D eigenvalue weighted by molar-refractivity contribution is 5.63. The predicted molar refractivity (Wildman–Crippen MR) is 69.9 cm³/mol. The fourth-order valence-electron chi connectivity index (χ4n) is 2.33. The molecule has 3 heteroatoms. The molecule has 1 aliphatic carbocycles. The highest BCUT2D eigenvalue weighted by Gasteiger charge is 2.17. The van der Waals surface area contributed by atoms with Gasteiger partial charge in [0.15, 0.2) is 11.5 Å². The Kier molecular flexibility index (Phi) is 3.77. The number of hydrogen-bond donors (Lipinski definition) is 1. The lowest BCUT2D eigenvalue weighted by molar-refractivity contribution is 0.150. The van der Waals surface area contributed by atoms with Crippen LogP contribution in [0.4, 0.5) is 5.69 Å². The van der Waals surface area contributed by atoms with Gasteiger partial charge in [0.05, 0.1) is 11.8 Å². The SMILES string of the molecule is CN(C)c1cccc(OC2CCCCC2)c1O. The summed E-state index contributed by atoms with van der Waals surface area (Å²) in [6.07, 6.45) is 6.25. The molecule has 1 N–H and O–H groups in total. The normalized spacial score (nSPS) is 16.8. The molecular weight excluding hydrogens is 214 g/mol. The summed E-state index contributed by atoms with van der Waals surface area (Å²) in [6, 6.07) is 5.66.